The molecule has 1 heterocycles. The smallest absolute Gasteiger partial charge is 0.395 e. The van der Waals surface area contributed by atoms with E-state index in [9.17, 15) is 18.0 Å². The van der Waals surface area contributed by atoms with Gasteiger partial charge in [0.2, 0.25) is 5.91 Å². The standard InChI is InChI=1S/C18H24F3N3O3/c19-18(20,21)13-1-4-16(23-6-9-27-10-7-23)15(11-13)22-17(26)12-24(5-8-25)14-2-3-14/h1,4,11,14,25H,2-3,5-10,12H2,(H,22,26). The van der Waals surface area contributed by atoms with E-state index >= 15 is 0 Å². The number of hydrogen-bond acceptors (Lipinski definition) is 5. The predicted octanol–water partition coefficient (Wildman–Crippen LogP) is 1.94. The third kappa shape index (κ3) is 5.33. The Morgan fingerprint density at radius 1 is 1.30 bits per heavy atom. The Morgan fingerprint density at radius 2 is 2.00 bits per heavy atom. The normalized spacial score (nSPS) is 18.0. The summed E-state index contributed by atoms with van der Waals surface area (Å²) in [5.74, 6) is -0.385. The van der Waals surface area contributed by atoms with Gasteiger partial charge >= 0.3 is 6.18 Å². The number of aliphatic hydroxyl groups is 1. The van der Waals surface area contributed by atoms with Crippen molar-refractivity contribution < 1.29 is 27.8 Å². The zero-order chi connectivity index (χ0) is 19.4. The quantitative estimate of drug-likeness (QED) is 0.749. The lowest BCUT2D eigenvalue weighted by Crippen LogP contribution is -2.38. The number of hydrogen-bond donors (Lipinski definition) is 2. The van der Waals surface area contributed by atoms with Crippen molar-refractivity contribution in [2.75, 3.05) is 56.2 Å². The Balaban J connectivity index is 1.78. The molecule has 1 aromatic rings. The van der Waals surface area contributed by atoms with Gasteiger partial charge in [-0.05, 0) is 31.0 Å². The number of morpholine rings is 1. The molecule has 0 unspecified atom stereocenters. The summed E-state index contributed by atoms with van der Waals surface area (Å²) < 4.78 is 44.7. The number of nitrogens with zero attached hydrogens (tertiary/aromatic N) is 2. The van der Waals surface area contributed by atoms with Gasteiger partial charge in [0, 0.05) is 25.7 Å². The Morgan fingerprint density at radius 3 is 2.59 bits per heavy atom. The minimum Gasteiger partial charge on any atom is -0.395 e. The first-order valence-electron chi connectivity index (χ1n) is 9.07. The summed E-state index contributed by atoms with van der Waals surface area (Å²) in [6.45, 7) is 2.42. The van der Waals surface area contributed by atoms with E-state index in [0.29, 0.717) is 38.5 Å². The molecule has 1 amide bonds. The molecule has 0 aromatic heterocycles. The molecule has 2 fully saturated rings. The van der Waals surface area contributed by atoms with Gasteiger partial charge in [-0.15, -0.1) is 0 Å². The molecule has 1 saturated heterocycles. The molecule has 9 heteroatoms. The lowest BCUT2D eigenvalue weighted by molar-refractivity contribution is -0.137. The van der Waals surface area contributed by atoms with Gasteiger partial charge in [0.05, 0.1) is 43.3 Å². The van der Waals surface area contributed by atoms with E-state index in [4.69, 9.17) is 9.84 Å². The molecule has 2 N–H and O–H groups in total. The second kappa shape index (κ2) is 8.45. The number of aliphatic hydroxyl groups excluding tert-OH is 1. The highest BCUT2D eigenvalue weighted by Crippen LogP contribution is 2.36. The lowest BCUT2D eigenvalue weighted by Gasteiger charge is -2.31. The van der Waals surface area contributed by atoms with Crippen LogP contribution in [0, 0.1) is 0 Å². The monoisotopic (exact) mass is 387 g/mol. The van der Waals surface area contributed by atoms with Crippen LogP contribution < -0.4 is 10.2 Å². The Hall–Kier alpha value is -1.84. The molecule has 0 bridgehead atoms. The van der Waals surface area contributed by atoms with Crippen LogP contribution in [-0.2, 0) is 15.7 Å². The van der Waals surface area contributed by atoms with Crippen LogP contribution in [0.15, 0.2) is 18.2 Å². The van der Waals surface area contributed by atoms with Crippen LogP contribution in [0.3, 0.4) is 0 Å². The molecule has 1 aliphatic heterocycles. The zero-order valence-electron chi connectivity index (χ0n) is 15.0. The fourth-order valence-electron chi connectivity index (χ4n) is 3.23. The summed E-state index contributed by atoms with van der Waals surface area (Å²) in [5, 5.41) is 11.8. The van der Waals surface area contributed by atoms with Crippen LogP contribution in [0.5, 0.6) is 0 Å². The van der Waals surface area contributed by atoms with Gasteiger partial charge < -0.3 is 20.1 Å². The van der Waals surface area contributed by atoms with Crippen molar-refractivity contribution >= 4 is 17.3 Å². The first-order chi connectivity index (χ1) is 12.9. The topological polar surface area (TPSA) is 65.0 Å². The molecule has 1 aliphatic carbocycles. The van der Waals surface area contributed by atoms with Gasteiger partial charge in [0.25, 0.3) is 0 Å². The highest BCUT2D eigenvalue weighted by atomic mass is 19.4. The van der Waals surface area contributed by atoms with Gasteiger partial charge in [-0.1, -0.05) is 0 Å². The molecule has 0 spiro atoms. The van der Waals surface area contributed by atoms with Crippen molar-refractivity contribution in [1.82, 2.24) is 4.90 Å². The molecule has 27 heavy (non-hydrogen) atoms. The third-order valence-corrected chi connectivity index (χ3v) is 4.75. The minimum atomic E-state index is -4.49. The fourth-order valence-corrected chi connectivity index (χ4v) is 3.23. The van der Waals surface area contributed by atoms with Gasteiger partial charge in [-0.3, -0.25) is 9.69 Å². The van der Waals surface area contributed by atoms with Crippen LogP contribution in [-0.4, -0.2) is 68.0 Å². The Kier molecular flexibility index (Phi) is 6.23. The van der Waals surface area contributed by atoms with Gasteiger partial charge in [0.1, 0.15) is 0 Å². The van der Waals surface area contributed by atoms with Crippen molar-refractivity contribution in [3.05, 3.63) is 23.8 Å². The highest BCUT2D eigenvalue weighted by molar-refractivity contribution is 5.96. The van der Waals surface area contributed by atoms with Crippen LogP contribution in [0.1, 0.15) is 18.4 Å². The second-order valence-electron chi connectivity index (χ2n) is 6.80. The number of benzene rings is 1. The van der Waals surface area contributed by atoms with Gasteiger partial charge in [-0.25, -0.2) is 0 Å². The summed E-state index contributed by atoms with van der Waals surface area (Å²) in [6, 6.07) is 3.68. The number of anilines is 2. The minimum absolute atomic E-state index is 0.0457. The first-order valence-corrected chi connectivity index (χ1v) is 9.07. The molecule has 2 aliphatic rings. The summed E-state index contributed by atoms with van der Waals surface area (Å²) in [4.78, 5) is 16.2. The maximum absolute atomic E-state index is 13.1. The number of nitrogens with one attached hydrogen (secondary N) is 1. The predicted molar refractivity (Wildman–Crippen MR) is 94.8 cm³/mol. The van der Waals surface area contributed by atoms with Crippen molar-refractivity contribution in [1.29, 1.82) is 0 Å². The number of alkyl halides is 3. The van der Waals surface area contributed by atoms with Crippen molar-refractivity contribution in [3.63, 3.8) is 0 Å². The van der Waals surface area contributed by atoms with Crippen LogP contribution in [0.4, 0.5) is 24.5 Å². The number of amides is 1. The van der Waals surface area contributed by atoms with Gasteiger partial charge in [0.15, 0.2) is 0 Å². The van der Waals surface area contributed by atoms with Gasteiger partial charge in [-0.2, -0.15) is 13.2 Å². The summed E-state index contributed by atoms with van der Waals surface area (Å²) in [7, 11) is 0. The Labute approximate surface area is 155 Å². The number of rotatable bonds is 7. The van der Waals surface area contributed by atoms with E-state index in [2.05, 4.69) is 5.32 Å². The molecular formula is C18H24F3N3O3. The molecule has 6 nitrogen and oxygen atoms in total. The number of carbonyl (C=O) groups excluding carboxylic acids is 1. The molecule has 0 atom stereocenters. The number of ether oxygens (including phenoxy) is 1. The second-order valence-corrected chi connectivity index (χ2v) is 6.80. The average molecular weight is 387 g/mol. The fraction of sp³-hybridized carbons (Fsp3) is 0.611. The lowest BCUT2D eigenvalue weighted by atomic mass is 10.1. The maximum atomic E-state index is 13.1. The van der Waals surface area contributed by atoms with Crippen molar-refractivity contribution in [2.24, 2.45) is 0 Å². The summed E-state index contributed by atoms with van der Waals surface area (Å²) >= 11 is 0. The zero-order valence-corrected chi connectivity index (χ0v) is 15.0. The average Bonchev–Trinajstić information content (AvgIpc) is 3.46. The number of carbonyl (C=O) groups is 1. The molecule has 1 aromatic carbocycles. The third-order valence-electron chi connectivity index (χ3n) is 4.75. The summed E-state index contributed by atoms with van der Waals surface area (Å²) in [5.41, 5.74) is -0.0968. The van der Waals surface area contributed by atoms with E-state index in [1.54, 1.807) is 0 Å². The van der Waals surface area contributed by atoms with Crippen molar-refractivity contribution in [2.45, 2.75) is 25.1 Å². The van der Waals surface area contributed by atoms with Crippen LogP contribution in [0.25, 0.3) is 0 Å². The highest BCUT2D eigenvalue weighted by Gasteiger charge is 2.33. The van der Waals surface area contributed by atoms with E-state index in [0.717, 1.165) is 25.0 Å². The van der Waals surface area contributed by atoms with Crippen LogP contribution in [0.2, 0.25) is 0 Å². The van der Waals surface area contributed by atoms with Crippen molar-refractivity contribution in [3.8, 4) is 0 Å². The largest absolute Gasteiger partial charge is 0.416 e. The maximum Gasteiger partial charge on any atom is 0.416 e. The van der Waals surface area contributed by atoms with E-state index in [-0.39, 0.29) is 30.8 Å². The number of halogens is 3. The molecular weight excluding hydrogens is 363 g/mol. The van der Waals surface area contributed by atoms with E-state index < -0.39 is 11.7 Å². The SMILES string of the molecule is O=C(CN(CCO)C1CC1)Nc1cc(C(F)(F)F)ccc1N1CCOCC1. The van der Waals surface area contributed by atoms with E-state index in [1.165, 1.54) is 6.07 Å². The molecule has 3 rings (SSSR count). The first kappa shape index (κ1) is 19.9. The molecule has 1 saturated carbocycles. The van der Waals surface area contributed by atoms with Crippen LogP contribution >= 0.6 is 0 Å². The Bertz CT molecular complexity index is 659. The molecule has 150 valence electrons. The molecule has 0 radical (unpaired) electrons. The van der Waals surface area contributed by atoms with E-state index in [1.807, 2.05) is 9.80 Å². The summed E-state index contributed by atoms with van der Waals surface area (Å²) in [6.07, 6.45) is -2.55.